The van der Waals surface area contributed by atoms with E-state index >= 15 is 0 Å². The molecule has 3 heterocycles. The lowest BCUT2D eigenvalue weighted by Gasteiger charge is -2.00. The molecule has 4 rings (SSSR count). The standard InChI is InChI=1S/C15H11N5/c1-2-4-12(5-3-1)14-9-19-8-13(6-7-15(19)18-14)20-11-16-10-17-20/h1-11H. The second-order valence-electron chi connectivity index (χ2n) is 4.48. The van der Waals surface area contributed by atoms with Gasteiger partial charge in [-0.25, -0.2) is 14.6 Å². The van der Waals surface area contributed by atoms with Crippen LogP contribution in [0.1, 0.15) is 0 Å². The molecule has 0 saturated heterocycles. The second kappa shape index (κ2) is 4.31. The van der Waals surface area contributed by atoms with Crippen LogP contribution in [-0.4, -0.2) is 24.1 Å². The molecule has 0 aliphatic carbocycles. The molecule has 5 heteroatoms. The van der Waals surface area contributed by atoms with Crippen molar-refractivity contribution in [1.29, 1.82) is 0 Å². The van der Waals surface area contributed by atoms with E-state index in [9.17, 15) is 0 Å². The summed E-state index contributed by atoms with van der Waals surface area (Å²) in [6.45, 7) is 0. The molecule has 20 heavy (non-hydrogen) atoms. The van der Waals surface area contributed by atoms with Gasteiger partial charge in [0.05, 0.1) is 11.4 Å². The number of pyridine rings is 1. The Morgan fingerprint density at radius 3 is 2.60 bits per heavy atom. The Morgan fingerprint density at radius 2 is 1.80 bits per heavy atom. The Hall–Kier alpha value is -2.95. The second-order valence-corrected chi connectivity index (χ2v) is 4.48. The predicted octanol–water partition coefficient (Wildman–Crippen LogP) is 2.58. The summed E-state index contributed by atoms with van der Waals surface area (Å²) >= 11 is 0. The van der Waals surface area contributed by atoms with Crippen LogP contribution in [0, 0.1) is 0 Å². The molecule has 1 aromatic carbocycles. The van der Waals surface area contributed by atoms with Crippen LogP contribution in [0.5, 0.6) is 0 Å². The number of hydrogen-bond donors (Lipinski definition) is 0. The molecule has 96 valence electrons. The maximum atomic E-state index is 4.62. The summed E-state index contributed by atoms with van der Waals surface area (Å²) in [4.78, 5) is 8.58. The highest BCUT2D eigenvalue weighted by molar-refractivity contribution is 5.62. The van der Waals surface area contributed by atoms with E-state index in [4.69, 9.17) is 0 Å². The molecule has 0 aliphatic heterocycles. The molecule has 0 bridgehead atoms. The normalized spacial score (nSPS) is 11.0. The molecule has 4 aromatic rings. The van der Waals surface area contributed by atoms with Crippen molar-refractivity contribution in [3.05, 3.63) is 67.5 Å². The minimum Gasteiger partial charge on any atom is -0.304 e. The predicted molar refractivity (Wildman–Crippen MR) is 75.5 cm³/mol. The van der Waals surface area contributed by atoms with Gasteiger partial charge in [-0.05, 0) is 12.1 Å². The van der Waals surface area contributed by atoms with Crippen molar-refractivity contribution in [1.82, 2.24) is 24.1 Å². The van der Waals surface area contributed by atoms with Crippen LogP contribution in [0.3, 0.4) is 0 Å². The van der Waals surface area contributed by atoms with Crippen LogP contribution >= 0.6 is 0 Å². The topological polar surface area (TPSA) is 48.0 Å². The minimum absolute atomic E-state index is 0.910. The van der Waals surface area contributed by atoms with E-state index in [0.717, 1.165) is 22.6 Å². The summed E-state index contributed by atoms with van der Waals surface area (Å²) in [5.41, 5.74) is 3.93. The first-order valence-electron chi connectivity index (χ1n) is 6.29. The van der Waals surface area contributed by atoms with Crippen molar-refractivity contribution in [2.24, 2.45) is 0 Å². The third-order valence-electron chi connectivity index (χ3n) is 3.19. The monoisotopic (exact) mass is 261 g/mol. The molecule has 0 aliphatic rings. The fraction of sp³-hybridized carbons (Fsp3) is 0. The van der Waals surface area contributed by atoms with Gasteiger partial charge < -0.3 is 4.40 Å². The highest BCUT2D eigenvalue weighted by atomic mass is 15.3. The number of fused-ring (bicyclic) bond motifs is 1. The lowest BCUT2D eigenvalue weighted by molar-refractivity contribution is 0.869. The first-order valence-corrected chi connectivity index (χ1v) is 6.29. The smallest absolute Gasteiger partial charge is 0.138 e. The Balaban J connectivity index is 1.84. The molecule has 5 nitrogen and oxygen atoms in total. The lowest BCUT2D eigenvalue weighted by atomic mass is 10.2. The number of imidazole rings is 1. The summed E-state index contributed by atoms with van der Waals surface area (Å²) in [6.07, 6.45) is 7.21. The quantitative estimate of drug-likeness (QED) is 0.557. The van der Waals surface area contributed by atoms with Crippen molar-refractivity contribution >= 4 is 5.65 Å². The van der Waals surface area contributed by atoms with E-state index in [-0.39, 0.29) is 0 Å². The van der Waals surface area contributed by atoms with Crippen molar-refractivity contribution in [2.45, 2.75) is 0 Å². The number of rotatable bonds is 2. The first kappa shape index (κ1) is 10.9. The fourth-order valence-corrected chi connectivity index (χ4v) is 2.21. The maximum absolute atomic E-state index is 4.62. The molecule has 0 atom stereocenters. The van der Waals surface area contributed by atoms with E-state index in [2.05, 4.69) is 27.2 Å². The van der Waals surface area contributed by atoms with Crippen LogP contribution in [0.15, 0.2) is 67.5 Å². The molecule has 0 radical (unpaired) electrons. The van der Waals surface area contributed by atoms with E-state index in [1.165, 1.54) is 6.33 Å². The van der Waals surface area contributed by atoms with Gasteiger partial charge in [0.2, 0.25) is 0 Å². The van der Waals surface area contributed by atoms with Crippen LogP contribution in [0.4, 0.5) is 0 Å². The highest BCUT2D eigenvalue weighted by Gasteiger charge is 2.05. The van der Waals surface area contributed by atoms with Crippen LogP contribution in [-0.2, 0) is 0 Å². The molecule has 0 spiro atoms. The van der Waals surface area contributed by atoms with Gasteiger partial charge in [-0.15, -0.1) is 0 Å². The number of nitrogens with zero attached hydrogens (tertiary/aromatic N) is 5. The van der Waals surface area contributed by atoms with Crippen LogP contribution in [0.25, 0.3) is 22.6 Å². The van der Waals surface area contributed by atoms with Gasteiger partial charge in [0.25, 0.3) is 0 Å². The largest absolute Gasteiger partial charge is 0.304 e. The molecule has 3 aromatic heterocycles. The summed E-state index contributed by atoms with van der Waals surface area (Å²) in [5.74, 6) is 0. The van der Waals surface area contributed by atoms with Gasteiger partial charge in [0.1, 0.15) is 18.3 Å². The van der Waals surface area contributed by atoms with Crippen molar-refractivity contribution in [2.75, 3.05) is 0 Å². The first-order chi connectivity index (χ1) is 9.90. The third-order valence-corrected chi connectivity index (χ3v) is 3.19. The summed E-state index contributed by atoms with van der Waals surface area (Å²) in [5, 5.41) is 4.13. The average Bonchev–Trinajstić information content (AvgIpc) is 3.16. The zero-order valence-electron chi connectivity index (χ0n) is 10.6. The number of hydrogen-bond acceptors (Lipinski definition) is 3. The van der Waals surface area contributed by atoms with Crippen LogP contribution in [0.2, 0.25) is 0 Å². The molecule has 0 N–H and O–H groups in total. The Morgan fingerprint density at radius 1 is 0.900 bits per heavy atom. The van der Waals surface area contributed by atoms with Gasteiger partial charge in [-0.1, -0.05) is 30.3 Å². The molecular weight excluding hydrogens is 250 g/mol. The molecule has 0 unspecified atom stereocenters. The zero-order valence-corrected chi connectivity index (χ0v) is 10.6. The summed E-state index contributed by atoms with van der Waals surface area (Å²) in [6, 6.07) is 14.1. The van der Waals surface area contributed by atoms with Crippen molar-refractivity contribution in [3.8, 4) is 16.9 Å². The number of aromatic nitrogens is 5. The van der Waals surface area contributed by atoms with E-state index in [1.54, 1.807) is 11.0 Å². The van der Waals surface area contributed by atoms with E-state index < -0.39 is 0 Å². The van der Waals surface area contributed by atoms with Crippen LogP contribution < -0.4 is 0 Å². The number of benzene rings is 1. The lowest BCUT2D eigenvalue weighted by Crippen LogP contribution is -1.96. The summed E-state index contributed by atoms with van der Waals surface area (Å²) < 4.78 is 3.72. The Labute approximate surface area is 115 Å². The van der Waals surface area contributed by atoms with E-state index in [0.29, 0.717) is 0 Å². The molecule has 0 fully saturated rings. The van der Waals surface area contributed by atoms with Gasteiger partial charge in [-0.3, -0.25) is 0 Å². The third kappa shape index (κ3) is 1.76. The SMILES string of the molecule is c1ccc(-c2cn3cc(-n4cncn4)ccc3n2)cc1. The van der Waals surface area contributed by atoms with Gasteiger partial charge in [0, 0.05) is 18.0 Å². The summed E-state index contributed by atoms with van der Waals surface area (Å²) in [7, 11) is 0. The fourth-order valence-electron chi connectivity index (χ4n) is 2.21. The highest BCUT2D eigenvalue weighted by Crippen LogP contribution is 2.19. The molecular formula is C15H11N5. The minimum atomic E-state index is 0.910. The average molecular weight is 261 g/mol. The van der Waals surface area contributed by atoms with E-state index in [1.807, 2.05) is 47.1 Å². The zero-order chi connectivity index (χ0) is 13.4. The van der Waals surface area contributed by atoms with Gasteiger partial charge >= 0.3 is 0 Å². The van der Waals surface area contributed by atoms with Crippen molar-refractivity contribution in [3.63, 3.8) is 0 Å². The Kier molecular flexibility index (Phi) is 2.35. The molecule has 0 saturated carbocycles. The maximum Gasteiger partial charge on any atom is 0.138 e. The van der Waals surface area contributed by atoms with Crippen molar-refractivity contribution < 1.29 is 0 Å². The molecule has 0 amide bonds. The van der Waals surface area contributed by atoms with Gasteiger partial charge in [-0.2, -0.15) is 5.10 Å². The Bertz CT molecular complexity index is 847. The van der Waals surface area contributed by atoms with Gasteiger partial charge in [0.15, 0.2) is 0 Å².